The van der Waals surface area contributed by atoms with Gasteiger partial charge in [-0.2, -0.15) is 15.0 Å². The van der Waals surface area contributed by atoms with Gasteiger partial charge < -0.3 is 5.32 Å². The van der Waals surface area contributed by atoms with Crippen molar-refractivity contribution in [3.05, 3.63) is 42.5 Å². The zero-order chi connectivity index (χ0) is 21.8. The van der Waals surface area contributed by atoms with Crippen LogP contribution in [0.5, 0.6) is 0 Å². The summed E-state index contributed by atoms with van der Waals surface area (Å²) in [6.45, 7) is 4.38. The molecule has 0 aliphatic rings. The first-order valence-corrected chi connectivity index (χ1v) is 10.1. The quantitative estimate of drug-likeness (QED) is 0.435. The SMILES string of the molecule is CC(C)Nc1cc(-n2ncc3cc(C#N)cnc32)ncc1-c1cn(CCCCF)nn1. The second-order valence-electron chi connectivity index (χ2n) is 7.46. The van der Waals surface area contributed by atoms with Crippen molar-refractivity contribution in [3.8, 4) is 23.1 Å². The lowest BCUT2D eigenvalue weighted by Crippen LogP contribution is -2.12. The number of fused-ring (bicyclic) bond motifs is 1. The van der Waals surface area contributed by atoms with Crippen LogP contribution in [0.1, 0.15) is 32.3 Å². The van der Waals surface area contributed by atoms with Crippen molar-refractivity contribution in [2.75, 3.05) is 12.0 Å². The molecule has 31 heavy (non-hydrogen) atoms. The monoisotopic (exact) mass is 419 g/mol. The predicted octanol–water partition coefficient (Wildman–Crippen LogP) is 3.52. The van der Waals surface area contributed by atoms with Gasteiger partial charge in [-0.25, -0.2) is 9.97 Å². The van der Waals surface area contributed by atoms with Crippen LogP contribution in [0.2, 0.25) is 0 Å². The summed E-state index contributed by atoms with van der Waals surface area (Å²) < 4.78 is 15.7. The van der Waals surface area contributed by atoms with E-state index in [1.54, 1.807) is 27.8 Å². The summed E-state index contributed by atoms with van der Waals surface area (Å²) in [6, 6.07) is 5.90. The van der Waals surface area contributed by atoms with Crippen LogP contribution in [-0.4, -0.2) is 47.5 Å². The first kappa shape index (κ1) is 20.4. The van der Waals surface area contributed by atoms with Gasteiger partial charge in [-0.05, 0) is 32.8 Å². The summed E-state index contributed by atoms with van der Waals surface area (Å²) in [4.78, 5) is 8.94. The fraction of sp³-hybridized carbons (Fsp3) is 0.333. The van der Waals surface area contributed by atoms with Crippen LogP contribution in [-0.2, 0) is 6.54 Å². The minimum absolute atomic E-state index is 0.180. The van der Waals surface area contributed by atoms with E-state index in [-0.39, 0.29) is 12.7 Å². The molecule has 0 radical (unpaired) electrons. The molecule has 0 amide bonds. The highest BCUT2D eigenvalue weighted by Crippen LogP contribution is 2.28. The molecule has 0 aromatic carbocycles. The van der Waals surface area contributed by atoms with Crippen LogP contribution in [0.25, 0.3) is 28.1 Å². The molecule has 0 bridgehead atoms. The number of rotatable bonds is 8. The second-order valence-corrected chi connectivity index (χ2v) is 7.46. The summed E-state index contributed by atoms with van der Waals surface area (Å²) in [7, 11) is 0. The van der Waals surface area contributed by atoms with Gasteiger partial charge in [-0.3, -0.25) is 9.07 Å². The number of nitrogens with one attached hydrogen (secondary N) is 1. The number of aromatic nitrogens is 7. The van der Waals surface area contributed by atoms with Crippen molar-refractivity contribution in [1.29, 1.82) is 5.26 Å². The van der Waals surface area contributed by atoms with Gasteiger partial charge >= 0.3 is 0 Å². The maximum Gasteiger partial charge on any atom is 0.164 e. The van der Waals surface area contributed by atoms with E-state index >= 15 is 0 Å². The van der Waals surface area contributed by atoms with Crippen molar-refractivity contribution >= 4 is 16.7 Å². The average Bonchev–Trinajstić information content (AvgIpc) is 3.40. The van der Waals surface area contributed by atoms with Gasteiger partial charge in [0.25, 0.3) is 0 Å². The Morgan fingerprint density at radius 2 is 2.03 bits per heavy atom. The topological polar surface area (TPSA) is 110 Å². The third-order valence-electron chi connectivity index (χ3n) is 4.67. The lowest BCUT2D eigenvalue weighted by Gasteiger charge is -2.14. The fourth-order valence-electron chi connectivity index (χ4n) is 3.24. The maximum atomic E-state index is 12.3. The Balaban J connectivity index is 1.70. The average molecular weight is 419 g/mol. The Hall–Kier alpha value is -3.87. The highest BCUT2D eigenvalue weighted by atomic mass is 19.1. The van der Waals surface area contributed by atoms with E-state index in [9.17, 15) is 4.39 Å². The number of pyridine rings is 2. The van der Waals surface area contributed by atoms with Crippen LogP contribution in [0, 0.1) is 11.3 Å². The number of hydrogen-bond acceptors (Lipinski definition) is 7. The number of anilines is 1. The van der Waals surface area contributed by atoms with Crippen molar-refractivity contribution in [1.82, 2.24) is 34.7 Å². The van der Waals surface area contributed by atoms with Gasteiger partial charge in [0.15, 0.2) is 11.5 Å². The smallest absolute Gasteiger partial charge is 0.164 e. The molecular weight excluding hydrogens is 397 g/mol. The molecule has 0 aliphatic carbocycles. The Bertz CT molecular complexity index is 1240. The van der Waals surface area contributed by atoms with E-state index in [1.165, 1.54) is 6.20 Å². The van der Waals surface area contributed by atoms with Crippen LogP contribution in [0.3, 0.4) is 0 Å². The molecule has 4 aromatic heterocycles. The van der Waals surface area contributed by atoms with E-state index in [2.05, 4.69) is 36.8 Å². The molecule has 0 fully saturated rings. The lowest BCUT2D eigenvalue weighted by molar-refractivity contribution is 0.437. The molecule has 0 saturated heterocycles. The normalized spacial score (nSPS) is 11.2. The number of alkyl halides is 1. The summed E-state index contributed by atoms with van der Waals surface area (Å²) in [6.07, 6.45) is 7.97. The third-order valence-corrected chi connectivity index (χ3v) is 4.67. The zero-order valence-electron chi connectivity index (χ0n) is 17.3. The van der Waals surface area contributed by atoms with Crippen LogP contribution >= 0.6 is 0 Å². The molecule has 9 nitrogen and oxygen atoms in total. The number of unbranched alkanes of at least 4 members (excludes halogenated alkanes) is 1. The molecule has 1 N–H and O–H groups in total. The fourth-order valence-corrected chi connectivity index (χ4v) is 3.24. The van der Waals surface area contributed by atoms with Crippen molar-refractivity contribution in [3.63, 3.8) is 0 Å². The van der Waals surface area contributed by atoms with Gasteiger partial charge in [0.1, 0.15) is 11.8 Å². The van der Waals surface area contributed by atoms with E-state index < -0.39 is 0 Å². The molecule has 4 heterocycles. The van der Waals surface area contributed by atoms with Crippen LogP contribution in [0.4, 0.5) is 10.1 Å². The minimum atomic E-state index is -0.329. The second kappa shape index (κ2) is 8.87. The van der Waals surface area contributed by atoms with Gasteiger partial charge in [-0.15, -0.1) is 5.10 Å². The molecular formula is C21H22FN9. The van der Waals surface area contributed by atoms with Gasteiger partial charge in [-0.1, -0.05) is 5.21 Å². The molecule has 0 spiro atoms. The van der Waals surface area contributed by atoms with Crippen molar-refractivity contribution < 1.29 is 4.39 Å². The molecule has 0 aliphatic heterocycles. The molecule has 158 valence electrons. The molecule has 0 saturated carbocycles. The largest absolute Gasteiger partial charge is 0.382 e. The molecule has 0 atom stereocenters. The molecule has 10 heteroatoms. The molecule has 0 unspecified atom stereocenters. The first-order chi connectivity index (χ1) is 15.1. The summed E-state index contributed by atoms with van der Waals surface area (Å²) in [5.41, 5.74) is 3.43. The highest BCUT2D eigenvalue weighted by Gasteiger charge is 2.15. The van der Waals surface area contributed by atoms with Gasteiger partial charge in [0.2, 0.25) is 0 Å². The summed E-state index contributed by atoms with van der Waals surface area (Å²) in [5, 5.41) is 26.1. The zero-order valence-corrected chi connectivity index (χ0v) is 17.3. The highest BCUT2D eigenvalue weighted by molar-refractivity contribution is 5.79. The third kappa shape index (κ3) is 4.35. The lowest BCUT2D eigenvalue weighted by atomic mass is 10.1. The Kier molecular flexibility index (Phi) is 5.84. The van der Waals surface area contributed by atoms with Gasteiger partial charge in [0, 0.05) is 47.7 Å². The predicted molar refractivity (Wildman–Crippen MR) is 114 cm³/mol. The van der Waals surface area contributed by atoms with E-state index in [1.807, 2.05) is 26.1 Å². The number of aryl methyl sites for hydroxylation is 1. The number of nitrogens with zero attached hydrogens (tertiary/aromatic N) is 8. The Morgan fingerprint density at radius 3 is 2.81 bits per heavy atom. The maximum absolute atomic E-state index is 12.3. The minimum Gasteiger partial charge on any atom is -0.382 e. The molecule has 4 rings (SSSR count). The Morgan fingerprint density at radius 1 is 1.16 bits per heavy atom. The van der Waals surface area contributed by atoms with Crippen molar-refractivity contribution in [2.45, 2.75) is 39.3 Å². The van der Waals surface area contributed by atoms with Crippen LogP contribution < -0.4 is 5.32 Å². The number of hydrogen-bond donors (Lipinski definition) is 1. The number of nitriles is 1. The Labute approximate surface area is 178 Å². The van der Waals surface area contributed by atoms with Crippen LogP contribution in [0.15, 0.2) is 36.9 Å². The van der Waals surface area contributed by atoms with E-state index in [4.69, 9.17) is 5.26 Å². The van der Waals surface area contributed by atoms with E-state index in [0.717, 1.165) is 16.6 Å². The number of halogens is 1. The van der Waals surface area contributed by atoms with Crippen molar-refractivity contribution in [2.24, 2.45) is 0 Å². The summed E-state index contributed by atoms with van der Waals surface area (Å²) in [5.74, 6) is 0.592. The standard InChI is InChI=1S/C21H22FN9/c1-14(2)27-18-8-20(31-21-16(11-26-31)7-15(9-23)10-25-21)24-12-17(18)19-13-30(29-28-19)6-4-3-5-22/h7-8,10-14H,3-6H2,1-2H3,(H,24,27). The first-order valence-electron chi connectivity index (χ1n) is 10.1. The van der Waals surface area contributed by atoms with Gasteiger partial charge in [0.05, 0.1) is 24.6 Å². The van der Waals surface area contributed by atoms with E-state index in [0.29, 0.717) is 42.1 Å². The molecule has 4 aromatic rings. The summed E-state index contributed by atoms with van der Waals surface area (Å²) >= 11 is 0.